The fraction of sp³-hybridized carbons (Fsp3) is 0.444. The molecule has 0 spiro atoms. The molecular formula is C9H11N3O2S. The van der Waals surface area contributed by atoms with Gasteiger partial charge in [0.15, 0.2) is 10.9 Å². The maximum absolute atomic E-state index is 11.3. The molecule has 0 radical (unpaired) electrons. The number of rotatable bonds is 3. The van der Waals surface area contributed by atoms with Crippen LogP contribution in [-0.2, 0) is 0 Å². The Labute approximate surface area is 90.9 Å². The zero-order chi connectivity index (χ0) is 10.8. The lowest BCUT2D eigenvalue weighted by Crippen LogP contribution is -2.30. The van der Waals surface area contributed by atoms with Crippen LogP contribution in [0.25, 0.3) is 0 Å². The molecule has 0 bridgehead atoms. The Bertz CT molecular complexity index is 398. The van der Waals surface area contributed by atoms with Crippen LogP contribution in [0.5, 0.6) is 0 Å². The molecule has 2 amide bonds. The molecule has 1 heterocycles. The number of aromatic nitrogens is 1. The Morgan fingerprint density at radius 3 is 2.80 bits per heavy atom. The first-order chi connectivity index (χ1) is 7.15. The lowest BCUT2D eigenvalue weighted by atomic mass is 10.4. The van der Waals surface area contributed by atoms with Crippen molar-refractivity contribution in [3.05, 3.63) is 11.1 Å². The van der Waals surface area contributed by atoms with Crippen molar-refractivity contribution in [3.8, 4) is 0 Å². The van der Waals surface area contributed by atoms with Gasteiger partial charge in [0.1, 0.15) is 5.69 Å². The number of carbonyl (C=O) groups excluding carboxylic acids is 2. The minimum atomic E-state index is -0.248. The summed E-state index contributed by atoms with van der Waals surface area (Å²) in [5, 5.41) is 7.46. The molecule has 1 saturated carbocycles. The van der Waals surface area contributed by atoms with Crippen molar-refractivity contribution < 1.29 is 9.59 Å². The first-order valence-corrected chi connectivity index (χ1v) is 5.57. The van der Waals surface area contributed by atoms with E-state index in [-0.39, 0.29) is 11.8 Å². The minimum absolute atomic E-state index is 0.0955. The lowest BCUT2D eigenvalue weighted by Gasteiger charge is -2.01. The second kappa shape index (κ2) is 3.98. The number of ketones is 1. The average Bonchev–Trinajstić information content (AvgIpc) is 2.82. The largest absolute Gasteiger partial charge is 0.335 e. The molecule has 1 fully saturated rings. The number of Topliss-reactive ketones (excluding diaryl/α,β-unsaturated/α-hetero) is 1. The second-order valence-electron chi connectivity index (χ2n) is 3.47. The predicted octanol–water partition coefficient (Wildman–Crippen LogP) is 1.63. The number of hydrogen-bond donors (Lipinski definition) is 2. The molecule has 6 heteroatoms. The summed E-state index contributed by atoms with van der Waals surface area (Å²) in [6.45, 7) is 1.45. The number of carbonyl (C=O) groups is 2. The molecular weight excluding hydrogens is 214 g/mol. The average molecular weight is 225 g/mol. The third-order valence-corrected chi connectivity index (χ3v) is 2.76. The Kier molecular flexibility index (Phi) is 2.68. The van der Waals surface area contributed by atoms with Gasteiger partial charge in [-0.05, 0) is 12.8 Å². The fourth-order valence-electron chi connectivity index (χ4n) is 1.04. The molecule has 5 nitrogen and oxygen atoms in total. The maximum atomic E-state index is 11.3. The van der Waals surface area contributed by atoms with E-state index in [9.17, 15) is 9.59 Å². The molecule has 80 valence electrons. The minimum Gasteiger partial charge on any atom is -0.335 e. The van der Waals surface area contributed by atoms with Gasteiger partial charge in [-0.15, -0.1) is 11.3 Å². The van der Waals surface area contributed by atoms with Crippen LogP contribution in [0.1, 0.15) is 30.3 Å². The van der Waals surface area contributed by atoms with Crippen molar-refractivity contribution in [3.63, 3.8) is 0 Å². The van der Waals surface area contributed by atoms with Crippen molar-refractivity contribution in [2.24, 2.45) is 0 Å². The molecule has 0 atom stereocenters. The Morgan fingerprint density at radius 2 is 2.27 bits per heavy atom. The molecule has 1 aliphatic carbocycles. The maximum Gasteiger partial charge on any atom is 0.321 e. The third kappa shape index (κ3) is 2.76. The number of anilines is 1. The smallest absolute Gasteiger partial charge is 0.321 e. The highest BCUT2D eigenvalue weighted by Crippen LogP contribution is 2.19. The zero-order valence-corrected chi connectivity index (χ0v) is 9.06. The van der Waals surface area contributed by atoms with E-state index in [0.29, 0.717) is 16.9 Å². The second-order valence-corrected chi connectivity index (χ2v) is 4.32. The highest BCUT2D eigenvalue weighted by Gasteiger charge is 2.23. The summed E-state index contributed by atoms with van der Waals surface area (Å²) in [4.78, 5) is 26.2. The van der Waals surface area contributed by atoms with E-state index in [0.717, 1.165) is 12.8 Å². The van der Waals surface area contributed by atoms with Crippen LogP contribution in [-0.4, -0.2) is 22.8 Å². The van der Waals surface area contributed by atoms with E-state index in [1.165, 1.54) is 18.3 Å². The molecule has 15 heavy (non-hydrogen) atoms. The number of thiazole rings is 1. The van der Waals surface area contributed by atoms with Crippen LogP contribution in [0.15, 0.2) is 5.38 Å². The van der Waals surface area contributed by atoms with Crippen molar-refractivity contribution in [2.45, 2.75) is 25.8 Å². The first-order valence-electron chi connectivity index (χ1n) is 4.69. The van der Waals surface area contributed by atoms with E-state index < -0.39 is 0 Å². The molecule has 0 aliphatic heterocycles. The first kappa shape index (κ1) is 10.1. The van der Waals surface area contributed by atoms with Crippen LogP contribution in [0.3, 0.4) is 0 Å². The van der Waals surface area contributed by atoms with Gasteiger partial charge in [-0.2, -0.15) is 0 Å². The quantitative estimate of drug-likeness (QED) is 0.768. The Morgan fingerprint density at radius 1 is 1.53 bits per heavy atom. The topological polar surface area (TPSA) is 71.1 Å². The number of nitrogens with one attached hydrogen (secondary N) is 2. The van der Waals surface area contributed by atoms with Gasteiger partial charge < -0.3 is 5.32 Å². The van der Waals surface area contributed by atoms with Gasteiger partial charge >= 0.3 is 6.03 Å². The monoisotopic (exact) mass is 225 g/mol. The highest BCUT2D eigenvalue weighted by atomic mass is 32.1. The molecule has 0 saturated heterocycles. The van der Waals surface area contributed by atoms with Gasteiger partial charge in [-0.3, -0.25) is 10.1 Å². The zero-order valence-electron chi connectivity index (χ0n) is 8.24. The van der Waals surface area contributed by atoms with Crippen LogP contribution in [0, 0.1) is 0 Å². The number of amides is 2. The molecule has 2 N–H and O–H groups in total. The number of nitrogens with zero attached hydrogens (tertiary/aromatic N) is 1. The van der Waals surface area contributed by atoms with Crippen LogP contribution < -0.4 is 10.6 Å². The van der Waals surface area contributed by atoms with Gasteiger partial charge in [0.2, 0.25) is 0 Å². The van der Waals surface area contributed by atoms with Crippen molar-refractivity contribution in [1.82, 2.24) is 10.3 Å². The Hall–Kier alpha value is -1.43. The summed E-state index contributed by atoms with van der Waals surface area (Å²) in [5.74, 6) is -0.0955. The van der Waals surface area contributed by atoms with E-state index in [2.05, 4.69) is 15.6 Å². The van der Waals surface area contributed by atoms with Gasteiger partial charge in [-0.1, -0.05) is 0 Å². The summed E-state index contributed by atoms with van der Waals surface area (Å²) in [6, 6.07) is 0.0687. The predicted molar refractivity (Wildman–Crippen MR) is 57.3 cm³/mol. The summed E-state index contributed by atoms with van der Waals surface area (Å²) in [6.07, 6.45) is 2.09. The Balaban J connectivity index is 1.91. The van der Waals surface area contributed by atoms with Crippen molar-refractivity contribution in [1.29, 1.82) is 0 Å². The van der Waals surface area contributed by atoms with E-state index in [1.807, 2.05) is 0 Å². The number of hydrogen-bond acceptors (Lipinski definition) is 4. The van der Waals surface area contributed by atoms with Crippen molar-refractivity contribution in [2.75, 3.05) is 5.32 Å². The van der Waals surface area contributed by atoms with E-state index in [1.54, 1.807) is 5.38 Å². The van der Waals surface area contributed by atoms with E-state index in [4.69, 9.17) is 0 Å². The number of urea groups is 1. The summed E-state index contributed by atoms with van der Waals surface area (Å²) in [5.41, 5.74) is 0.390. The van der Waals surface area contributed by atoms with Crippen LogP contribution in [0.2, 0.25) is 0 Å². The molecule has 2 rings (SSSR count). The van der Waals surface area contributed by atoms with Gasteiger partial charge in [-0.25, -0.2) is 9.78 Å². The molecule has 0 unspecified atom stereocenters. The van der Waals surface area contributed by atoms with Gasteiger partial charge in [0, 0.05) is 18.3 Å². The summed E-state index contributed by atoms with van der Waals surface area (Å²) < 4.78 is 0. The normalized spacial score (nSPS) is 14.7. The third-order valence-electron chi connectivity index (χ3n) is 2.00. The van der Waals surface area contributed by atoms with Crippen LogP contribution >= 0.6 is 11.3 Å². The van der Waals surface area contributed by atoms with Gasteiger partial charge in [0.25, 0.3) is 0 Å². The molecule has 1 aliphatic rings. The van der Waals surface area contributed by atoms with Crippen molar-refractivity contribution >= 4 is 28.3 Å². The lowest BCUT2D eigenvalue weighted by molar-refractivity contribution is 0.101. The summed E-state index contributed by atoms with van der Waals surface area (Å²) >= 11 is 1.25. The van der Waals surface area contributed by atoms with Gasteiger partial charge in [0.05, 0.1) is 0 Å². The standard InChI is InChI=1S/C9H11N3O2S/c1-5(13)7-4-15-9(11-7)12-8(14)10-6-2-3-6/h4,6H,2-3H2,1H3,(H2,10,11,12,14). The molecule has 0 aromatic carbocycles. The fourth-order valence-corrected chi connectivity index (χ4v) is 1.78. The SMILES string of the molecule is CC(=O)c1csc(NC(=O)NC2CC2)n1. The van der Waals surface area contributed by atoms with E-state index >= 15 is 0 Å². The summed E-state index contributed by atoms with van der Waals surface area (Å²) in [7, 11) is 0. The van der Waals surface area contributed by atoms with Crippen LogP contribution in [0.4, 0.5) is 9.93 Å². The highest BCUT2D eigenvalue weighted by molar-refractivity contribution is 7.14. The molecule has 1 aromatic heterocycles. The molecule has 1 aromatic rings.